The minimum Gasteiger partial charge on any atom is -0.385 e. The monoisotopic (exact) mass is 383 g/mol. The van der Waals surface area contributed by atoms with Crippen LogP contribution in [0.1, 0.15) is 16.9 Å². The average molecular weight is 383 g/mol. The predicted octanol–water partition coefficient (Wildman–Crippen LogP) is 2.34. The standard InChI is InChI=1S/C21H29N5O2/c1-25-11-13-26(14-12-25)19-6-4-17(5-7-19)24-18-8-10-22-20(16-18)21(27)23-9-3-15-28-2/h4-8,10,16H,3,9,11-15H2,1-2H3,(H,22,24)(H,23,27). The van der Waals surface area contributed by atoms with Gasteiger partial charge < -0.3 is 25.2 Å². The number of piperazine rings is 1. The molecule has 1 saturated heterocycles. The molecular formula is C21H29N5O2. The van der Waals surface area contributed by atoms with Gasteiger partial charge >= 0.3 is 0 Å². The summed E-state index contributed by atoms with van der Waals surface area (Å²) in [4.78, 5) is 21.1. The Bertz CT molecular complexity index is 758. The molecule has 2 N–H and O–H groups in total. The lowest BCUT2D eigenvalue weighted by Gasteiger charge is -2.34. The van der Waals surface area contributed by atoms with Gasteiger partial charge in [0.1, 0.15) is 5.69 Å². The number of anilines is 3. The first-order valence-corrected chi connectivity index (χ1v) is 9.69. The largest absolute Gasteiger partial charge is 0.385 e. The number of aromatic nitrogens is 1. The molecule has 0 saturated carbocycles. The first-order valence-electron chi connectivity index (χ1n) is 9.69. The topological polar surface area (TPSA) is 69.7 Å². The summed E-state index contributed by atoms with van der Waals surface area (Å²) in [7, 11) is 3.81. The number of hydrogen-bond acceptors (Lipinski definition) is 6. The molecule has 0 spiro atoms. The highest BCUT2D eigenvalue weighted by Gasteiger charge is 2.14. The summed E-state index contributed by atoms with van der Waals surface area (Å²) >= 11 is 0. The van der Waals surface area contributed by atoms with E-state index >= 15 is 0 Å². The Hall–Kier alpha value is -2.64. The summed E-state index contributed by atoms with van der Waals surface area (Å²) < 4.78 is 4.98. The minimum absolute atomic E-state index is 0.176. The minimum atomic E-state index is -0.176. The molecule has 1 aromatic carbocycles. The van der Waals surface area contributed by atoms with E-state index in [1.165, 1.54) is 5.69 Å². The van der Waals surface area contributed by atoms with Crippen molar-refractivity contribution in [3.63, 3.8) is 0 Å². The molecule has 150 valence electrons. The molecule has 3 rings (SSSR count). The van der Waals surface area contributed by atoms with Gasteiger partial charge in [-0.1, -0.05) is 0 Å². The Labute approximate surface area is 166 Å². The Balaban J connectivity index is 1.57. The van der Waals surface area contributed by atoms with Gasteiger partial charge in [-0.2, -0.15) is 0 Å². The zero-order valence-corrected chi connectivity index (χ0v) is 16.6. The summed E-state index contributed by atoms with van der Waals surface area (Å²) in [5.41, 5.74) is 3.46. The average Bonchev–Trinajstić information content (AvgIpc) is 2.72. The molecule has 2 aromatic rings. The molecule has 1 aliphatic rings. The van der Waals surface area contributed by atoms with Gasteiger partial charge in [-0.3, -0.25) is 9.78 Å². The first-order chi connectivity index (χ1) is 13.7. The second-order valence-electron chi connectivity index (χ2n) is 6.99. The van der Waals surface area contributed by atoms with Gasteiger partial charge in [0.25, 0.3) is 5.91 Å². The fraction of sp³-hybridized carbons (Fsp3) is 0.429. The van der Waals surface area contributed by atoms with E-state index in [9.17, 15) is 4.79 Å². The third-order valence-corrected chi connectivity index (χ3v) is 4.83. The fourth-order valence-corrected chi connectivity index (χ4v) is 3.13. The smallest absolute Gasteiger partial charge is 0.269 e. The lowest BCUT2D eigenvalue weighted by atomic mass is 10.2. The molecule has 28 heavy (non-hydrogen) atoms. The Kier molecular flexibility index (Phi) is 7.22. The molecule has 0 radical (unpaired) electrons. The Morgan fingerprint density at radius 1 is 1.11 bits per heavy atom. The highest BCUT2D eigenvalue weighted by molar-refractivity contribution is 5.93. The van der Waals surface area contributed by atoms with Gasteiger partial charge in [0.05, 0.1) is 0 Å². The van der Waals surface area contributed by atoms with Crippen molar-refractivity contribution in [1.82, 2.24) is 15.2 Å². The first kappa shape index (κ1) is 20.1. The van der Waals surface area contributed by atoms with Crippen LogP contribution in [-0.2, 0) is 4.74 Å². The van der Waals surface area contributed by atoms with Crippen molar-refractivity contribution in [3.05, 3.63) is 48.3 Å². The lowest BCUT2D eigenvalue weighted by Crippen LogP contribution is -2.44. The van der Waals surface area contributed by atoms with E-state index in [0.717, 1.165) is 44.0 Å². The third-order valence-electron chi connectivity index (χ3n) is 4.83. The number of carbonyl (C=O) groups is 1. The van der Waals surface area contributed by atoms with Crippen LogP contribution in [0, 0.1) is 0 Å². The van der Waals surface area contributed by atoms with E-state index in [1.54, 1.807) is 19.4 Å². The molecular weight excluding hydrogens is 354 g/mol. The number of methoxy groups -OCH3 is 1. The highest BCUT2D eigenvalue weighted by Crippen LogP contribution is 2.22. The summed E-state index contributed by atoms with van der Waals surface area (Å²) in [6.07, 6.45) is 2.42. The molecule has 0 aliphatic carbocycles. The van der Waals surface area contributed by atoms with Crippen molar-refractivity contribution in [2.45, 2.75) is 6.42 Å². The summed E-state index contributed by atoms with van der Waals surface area (Å²) in [6, 6.07) is 12.0. The number of nitrogens with one attached hydrogen (secondary N) is 2. The number of ether oxygens (including phenoxy) is 1. The molecule has 7 heteroatoms. The van der Waals surface area contributed by atoms with Crippen molar-refractivity contribution in [3.8, 4) is 0 Å². The van der Waals surface area contributed by atoms with Gasteiger partial charge in [-0.05, 0) is 49.9 Å². The van der Waals surface area contributed by atoms with Gasteiger partial charge in [0.2, 0.25) is 0 Å². The number of nitrogens with zero attached hydrogens (tertiary/aromatic N) is 3. The van der Waals surface area contributed by atoms with Crippen LogP contribution in [0.2, 0.25) is 0 Å². The van der Waals surface area contributed by atoms with E-state index < -0.39 is 0 Å². The summed E-state index contributed by atoms with van der Waals surface area (Å²) in [6.45, 7) is 5.48. The van der Waals surface area contributed by atoms with E-state index in [4.69, 9.17) is 4.74 Å². The number of pyridine rings is 1. The number of likely N-dealkylation sites (N-methyl/N-ethyl adjacent to an activating group) is 1. The van der Waals surface area contributed by atoms with E-state index in [2.05, 4.69) is 56.7 Å². The SMILES string of the molecule is COCCCNC(=O)c1cc(Nc2ccc(N3CCN(C)CC3)cc2)ccn1. The van der Waals surface area contributed by atoms with Crippen LogP contribution in [-0.4, -0.2) is 69.3 Å². The van der Waals surface area contributed by atoms with Crippen molar-refractivity contribution in [1.29, 1.82) is 0 Å². The maximum atomic E-state index is 12.2. The number of benzene rings is 1. The second kappa shape index (κ2) is 10.1. The molecule has 1 amide bonds. The van der Waals surface area contributed by atoms with Crippen LogP contribution in [0.25, 0.3) is 0 Å². The molecule has 7 nitrogen and oxygen atoms in total. The van der Waals surface area contributed by atoms with E-state index in [1.807, 2.05) is 6.07 Å². The zero-order valence-electron chi connectivity index (χ0n) is 16.6. The molecule has 0 bridgehead atoms. The van der Waals surface area contributed by atoms with Gasteiger partial charge in [-0.15, -0.1) is 0 Å². The number of rotatable bonds is 8. The van der Waals surface area contributed by atoms with Crippen LogP contribution >= 0.6 is 0 Å². The van der Waals surface area contributed by atoms with Crippen LogP contribution < -0.4 is 15.5 Å². The lowest BCUT2D eigenvalue weighted by molar-refractivity contribution is 0.0943. The van der Waals surface area contributed by atoms with Gasteiger partial charge in [-0.25, -0.2) is 0 Å². The molecule has 2 heterocycles. The fourth-order valence-electron chi connectivity index (χ4n) is 3.13. The number of hydrogen-bond donors (Lipinski definition) is 2. The quantitative estimate of drug-likeness (QED) is 0.682. The van der Waals surface area contributed by atoms with Crippen molar-refractivity contribution >= 4 is 23.0 Å². The number of amides is 1. The maximum Gasteiger partial charge on any atom is 0.269 e. The van der Waals surface area contributed by atoms with E-state index in [0.29, 0.717) is 18.8 Å². The summed E-state index contributed by atoms with van der Waals surface area (Å²) in [5, 5.41) is 6.20. The molecule has 0 unspecified atom stereocenters. The summed E-state index contributed by atoms with van der Waals surface area (Å²) in [5.74, 6) is -0.176. The van der Waals surface area contributed by atoms with Crippen LogP contribution in [0.5, 0.6) is 0 Å². The molecule has 1 fully saturated rings. The highest BCUT2D eigenvalue weighted by atomic mass is 16.5. The Morgan fingerprint density at radius 2 is 1.86 bits per heavy atom. The van der Waals surface area contributed by atoms with Crippen LogP contribution in [0.15, 0.2) is 42.6 Å². The molecule has 1 aromatic heterocycles. The second-order valence-corrected chi connectivity index (χ2v) is 6.99. The van der Waals surface area contributed by atoms with Gasteiger partial charge in [0.15, 0.2) is 0 Å². The van der Waals surface area contributed by atoms with Crippen molar-refractivity contribution < 1.29 is 9.53 Å². The van der Waals surface area contributed by atoms with E-state index in [-0.39, 0.29) is 5.91 Å². The zero-order chi connectivity index (χ0) is 19.8. The van der Waals surface area contributed by atoms with Crippen LogP contribution in [0.4, 0.5) is 17.1 Å². The predicted molar refractivity (Wildman–Crippen MR) is 112 cm³/mol. The van der Waals surface area contributed by atoms with Crippen molar-refractivity contribution in [2.75, 3.05) is 63.7 Å². The Morgan fingerprint density at radius 3 is 2.57 bits per heavy atom. The van der Waals surface area contributed by atoms with Gasteiger partial charge in [0, 0.05) is 69.7 Å². The van der Waals surface area contributed by atoms with Crippen molar-refractivity contribution in [2.24, 2.45) is 0 Å². The third kappa shape index (κ3) is 5.68. The normalized spacial score (nSPS) is 14.7. The number of carbonyl (C=O) groups excluding carboxylic acids is 1. The maximum absolute atomic E-state index is 12.2. The molecule has 0 atom stereocenters. The van der Waals surface area contributed by atoms with Crippen LogP contribution in [0.3, 0.4) is 0 Å². The molecule has 1 aliphatic heterocycles.